The first-order chi connectivity index (χ1) is 7.43. The maximum atomic E-state index is 7.00. The Balaban J connectivity index is 0.000000921. The Labute approximate surface area is 91.5 Å². The fourth-order valence-electron chi connectivity index (χ4n) is 0.994. The van der Waals surface area contributed by atoms with E-state index in [-0.39, 0.29) is 0 Å². The highest BCUT2D eigenvalue weighted by Crippen LogP contribution is 2.08. The molecular weight excluding hydrogens is 188 g/mol. The van der Waals surface area contributed by atoms with Gasteiger partial charge in [0.05, 0.1) is 6.61 Å². The number of para-hydroxylation sites is 1. The summed E-state index contributed by atoms with van der Waals surface area (Å²) in [5.41, 5.74) is 2.74. The molecule has 1 aromatic rings. The van der Waals surface area contributed by atoms with Crippen LogP contribution in [0.4, 0.5) is 0 Å². The summed E-state index contributed by atoms with van der Waals surface area (Å²) in [5.74, 6) is 0.935. The lowest BCUT2D eigenvalue weighted by molar-refractivity contribution is 0.312. The number of allylic oxidation sites excluding steroid dienone is 1. The van der Waals surface area contributed by atoms with Gasteiger partial charge in [-0.15, -0.1) is 5.73 Å². The van der Waals surface area contributed by atoms with E-state index in [1.807, 2.05) is 36.4 Å². The van der Waals surface area contributed by atoms with Gasteiger partial charge in [-0.1, -0.05) is 24.8 Å². The van der Waals surface area contributed by atoms with Gasteiger partial charge in [0.25, 0.3) is 0 Å². The first-order valence-corrected chi connectivity index (χ1v) is 4.90. The number of rotatable bonds is 5. The average Bonchev–Trinajstić information content (AvgIpc) is 2.33. The van der Waals surface area contributed by atoms with Crippen LogP contribution in [0.2, 0.25) is 0 Å². The lowest BCUT2D eigenvalue weighted by atomic mass is 10.3. The quantitative estimate of drug-likeness (QED) is 0.593. The summed E-state index contributed by atoms with van der Waals surface area (Å²) < 4.78 is 5.48. The molecule has 0 aliphatic heterocycles. The minimum absolute atomic E-state index is 0.752. The van der Waals surface area contributed by atoms with E-state index in [0.29, 0.717) is 0 Å². The monoisotopic (exact) mass is 206 g/mol. The number of unbranched alkanes of at least 4 members (excludes halogenated alkanes) is 1. The van der Waals surface area contributed by atoms with E-state index < -0.39 is 0 Å². The first kappa shape index (κ1) is 13.5. The molecule has 15 heavy (non-hydrogen) atoms. The van der Waals surface area contributed by atoms with Crippen LogP contribution in [-0.2, 0) is 0 Å². The summed E-state index contributed by atoms with van der Waals surface area (Å²) >= 11 is 0. The molecule has 0 aliphatic carbocycles. The van der Waals surface area contributed by atoms with Crippen LogP contribution in [0.25, 0.3) is 0 Å². The van der Waals surface area contributed by atoms with Crippen LogP contribution in [0.15, 0.2) is 48.7 Å². The highest BCUT2D eigenvalue weighted by molar-refractivity contribution is 5.20. The minimum atomic E-state index is 0.752. The molecule has 0 spiro atoms. The summed E-state index contributed by atoms with van der Waals surface area (Å²) in [7, 11) is 1.00. The predicted octanol–water partition coefficient (Wildman–Crippen LogP) is 2.80. The summed E-state index contributed by atoms with van der Waals surface area (Å²) in [4.78, 5) is 0. The summed E-state index contributed by atoms with van der Waals surface area (Å²) in [6.45, 7) is 4.25. The third-order valence-corrected chi connectivity index (χ3v) is 1.65. The maximum absolute atomic E-state index is 7.00. The van der Waals surface area contributed by atoms with Crippen molar-refractivity contribution < 1.29 is 9.84 Å². The second-order valence-corrected chi connectivity index (χ2v) is 2.71. The molecule has 0 aliphatic rings. The zero-order valence-corrected chi connectivity index (χ0v) is 9.15. The van der Waals surface area contributed by atoms with E-state index in [2.05, 4.69) is 12.3 Å². The van der Waals surface area contributed by atoms with Crippen LogP contribution >= 0.6 is 0 Å². The van der Waals surface area contributed by atoms with Gasteiger partial charge in [-0.3, -0.25) is 0 Å². The van der Waals surface area contributed by atoms with Crippen molar-refractivity contribution in [1.29, 1.82) is 0 Å². The Bertz CT molecular complexity index is 274. The van der Waals surface area contributed by atoms with Crippen molar-refractivity contribution in [3.8, 4) is 5.75 Å². The van der Waals surface area contributed by atoms with E-state index in [0.717, 1.165) is 32.3 Å². The number of aliphatic hydroxyl groups excluding tert-OH is 1. The van der Waals surface area contributed by atoms with Gasteiger partial charge in [-0.2, -0.15) is 0 Å². The molecule has 2 nitrogen and oxygen atoms in total. The number of ether oxygens (including phenoxy) is 1. The summed E-state index contributed by atoms with van der Waals surface area (Å²) in [6, 6.07) is 9.85. The minimum Gasteiger partial charge on any atom is -0.494 e. The van der Waals surface area contributed by atoms with Crippen molar-refractivity contribution in [2.24, 2.45) is 0 Å². The normalized spacial score (nSPS) is 8.13. The zero-order valence-electron chi connectivity index (χ0n) is 9.15. The average molecular weight is 206 g/mol. The van der Waals surface area contributed by atoms with Gasteiger partial charge in [-0.05, 0) is 31.1 Å². The predicted molar refractivity (Wildman–Crippen MR) is 63.0 cm³/mol. The van der Waals surface area contributed by atoms with Crippen molar-refractivity contribution in [2.75, 3.05) is 13.7 Å². The number of aliphatic hydroxyl groups is 1. The van der Waals surface area contributed by atoms with E-state index in [1.165, 1.54) is 0 Å². The molecule has 0 aromatic heterocycles. The molecule has 0 unspecified atom stereocenters. The molecule has 0 atom stereocenters. The molecule has 0 radical (unpaired) electrons. The summed E-state index contributed by atoms with van der Waals surface area (Å²) in [6.07, 6.45) is 3.92. The Hall–Kier alpha value is -1.50. The highest BCUT2D eigenvalue weighted by atomic mass is 16.5. The van der Waals surface area contributed by atoms with Crippen LogP contribution in [-0.4, -0.2) is 18.8 Å². The van der Waals surface area contributed by atoms with Crippen LogP contribution in [0.1, 0.15) is 12.8 Å². The SMILES string of the molecule is C=C=CCCCOc1ccccc1.CO. The number of hydrogen-bond donors (Lipinski definition) is 1. The smallest absolute Gasteiger partial charge is 0.119 e. The molecule has 0 saturated heterocycles. The largest absolute Gasteiger partial charge is 0.494 e. The lowest BCUT2D eigenvalue weighted by Crippen LogP contribution is -1.95. The van der Waals surface area contributed by atoms with Crippen LogP contribution < -0.4 is 4.74 Å². The number of benzene rings is 1. The molecule has 0 saturated carbocycles. The topological polar surface area (TPSA) is 29.5 Å². The standard InChI is InChI=1S/C12H14O.CH4O/c1-2-3-4-8-11-13-12-9-6-5-7-10-12;1-2/h3,5-7,9-10H,1,4,8,11H2;2H,1H3. The van der Waals surface area contributed by atoms with E-state index >= 15 is 0 Å². The van der Waals surface area contributed by atoms with Crippen molar-refractivity contribution in [2.45, 2.75) is 12.8 Å². The van der Waals surface area contributed by atoms with Gasteiger partial charge in [0.2, 0.25) is 0 Å². The Morgan fingerprint density at radius 1 is 1.33 bits per heavy atom. The van der Waals surface area contributed by atoms with Crippen molar-refractivity contribution in [3.05, 3.63) is 48.7 Å². The fourth-order valence-corrected chi connectivity index (χ4v) is 0.994. The fraction of sp³-hybridized carbons (Fsp3) is 0.308. The third-order valence-electron chi connectivity index (χ3n) is 1.65. The molecule has 82 valence electrons. The van der Waals surface area contributed by atoms with Crippen LogP contribution in [0.5, 0.6) is 5.75 Å². The Kier molecular flexibility index (Phi) is 9.52. The van der Waals surface area contributed by atoms with Gasteiger partial charge in [0.1, 0.15) is 5.75 Å². The Morgan fingerprint density at radius 2 is 2.00 bits per heavy atom. The highest BCUT2D eigenvalue weighted by Gasteiger charge is 1.89. The molecule has 0 amide bonds. The number of hydrogen-bond acceptors (Lipinski definition) is 2. The molecule has 0 heterocycles. The maximum Gasteiger partial charge on any atom is 0.119 e. The summed E-state index contributed by atoms with van der Waals surface area (Å²) in [5, 5.41) is 7.00. The van der Waals surface area contributed by atoms with Gasteiger partial charge >= 0.3 is 0 Å². The lowest BCUT2D eigenvalue weighted by Gasteiger charge is -2.03. The molecule has 0 fully saturated rings. The second kappa shape index (κ2) is 10.6. The van der Waals surface area contributed by atoms with Crippen molar-refractivity contribution in [1.82, 2.24) is 0 Å². The van der Waals surface area contributed by atoms with Crippen molar-refractivity contribution >= 4 is 0 Å². The van der Waals surface area contributed by atoms with Gasteiger partial charge in [0, 0.05) is 7.11 Å². The van der Waals surface area contributed by atoms with Gasteiger partial charge < -0.3 is 9.84 Å². The molecular formula is C13H18O2. The van der Waals surface area contributed by atoms with Gasteiger partial charge in [-0.25, -0.2) is 0 Å². The molecule has 1 aromatic carbocycles. The van der Waals surface area contributed by atoms with Crippen LogP contribution in [0.3, 0.4) is 0 Å². The zero-order chi connectivity index (χ0) is 11.4. The van der Waals surface area contributed by atoms with E-state index in [4.69, 9.17) is 9.84 Å². The first-order valence-electron chi connectivity index (χ1n) is 4.90. The molecule has 2 heteroatoms. The molecule has 1 rings (SSSR count). The van der Waals surface area contributed by atoms with E-state index in [9.17, 15) is 0 Å². The van der Waals surface area contributed by atoms with Gasteiger partial charge in [0.15, 0.2) is 0 Å². The molecule has 1 N–H and O–H groups in total. The third kappa shape index (κ3) is 7.56. The second-order valence-electron chi connectivity index (χ2n) is 2.71. The molecule has 0 bridgehead atoms. The van der Waals surface area contributed by atoms with Crippen molar-refractivity contribution in [3.63, 3.8) is 0 Å². The Morgan fingerprint density at radius 3 is 2.60 bits per heavy atom. The van der Waals surface area contributed by atoms with Crippen LogP contribution in [0, 0.1) is 0 Å². The van der Waals surface area contributed by atoms with E-state index in [1.54, 1.807) is 0 Å².